The summed E-state index contributed by atoms with van der Waals surface area (Å²) < 4.78 is 15.6. The number of pyridine rings is 1. The predicted octanol–water partition coefficient (Wildman–Crippen LogP) is 2.96. The Bertz CT molecular complexity index is 756. The molecule has 0 saturated heterocycles. The summed E-state index contributed by atoms with van der Waals surface area (Å²) in [5.41, 5.74) is 1.89. The number of fused-ring (bicyclic) bond motifs is 1. The molecule has 2 aromatic heterocycles. The number of hydrogen-bond donors (Lipinski definition) is 1. The summed E-state index contributed by atoms with van der Waals surface area (Å²) in [5, 5.41) is 11.6. The van der Waals surface area contributed by atoms with E-state index in [1.807, 2.05) is 28.8 Å². The minimum Gasteiger partial charge on any atom is -0.312 e. The molecule has 0 aliphatic heterocycles. The molecule has 0 aliphatic carbocycles. The van der Waals surface area contributed by atoms with Crippen LogP contribution in [0.1, 0.15) is 11.4 Å². The van der Waals surface area contributed by atoms with Gasteiger partial charge in [0.15, 0.2) is 5.65 Å². The highest BCUT2D eigenvalue weighted by Gasteiger charge is 2.04. The van der Waals surface area contributed by atoms with Gasteiger partial charge in [0.05, 0.1) is 4.47 Å². The molecule has 21 heavy (non-hydrogen) atoms. The Morgan fingerprint density at radius 1 is 1.19 bits per heavy atom. The Kier molecular flexibility index (Phi) is 4.26. The lowest BCUT2D eigenvalue weighted by molar-refractivity contribution is 0.617. The van der Waals surface area contributed by atoms with Gasteiger partial charge in [0.1, 0.15) is 11.6 Å². The molecule has 1 N–H and O–H groups in total. The number of benzene rings is 1. The van der Waals surface area contributed by atoms with Gasteiger partial charge in [0, 0.05) is 25.7 Å². The zero-order valence-electron chi connectivity index (χ0n) is 11.3. The standard InChI is InChI=1S/C15H14BrFN4/c16-12-9-11(4-5-13(12)17)10-18-7-6-15-20-19-14-3-1-2-8-21(14)15/h1-5,8-9,18H,6-7,10H2. The Labute approximate surface area is 130 Å². The van der Waals surface area contributed by atoms with Crippen LogP contribution < -0.4 is 5.32 Å². The van der Waals surface area contributed by atoms with Gasteiger partial charge < -0.3 is 5.32 Å². The van der Waals surface area contributed by atoms with Crippen LogP contribution in [0.15, 0.2) is 47.1 Å². The predicted molar refractivity (Wildman–Crippen MR) is 82.5 cm³/mol. The fourth-order valence-electron chi connectivity index (χ4n) is 2.14. The molecule has 0 unspecified atom stereocenters. The van der Waals surface area contributed by atoms with Gasteiger partial charge in [0.25, 0.3) is 0 Å². The molecule has 0 radical (unpaired) electrons. The Balaban J connectivity index is 1.55. The molecule has 4 nitrogen and oxygen atoms in total. The molecule has 0 aliphatic rings. The lowest BCUT2D eigenvalue weighted by Crippen LogP contribution is -2.17. The zero-order chi connectivity index (χ0) is 14.7. The third kappa shape index (κ3) is 3.28. The third-order valence-electron chi connectivity index (χ3n) is 3.22. The first kappa shape index (κ1) is 14.2. The molecule has 2 heterocycles. The van der Waals surface area contributed by atoms with E-state index in [0.717, 1.165) is 30.0 Å². The van der Waals surface area contributed by atoms with Crippen molar-refractivity contribution in [2.45, 2.75) is 13.0 Å². The van der Waals surface area contributed by atoms with Crippen LogP contribution in [0, 0.1) is 5.82 Å². The van der Waals surface area contributed by atoms with Gasteiger partial charge in [-0.25, -0.2) is 4.39 Å². The molecule has 1 aromatic carbocycles. The van der Waals surface area contributed by atoms with Crippen molar-refractivity contribution in [3.8, 4) is 0 Å². The molecule has 6 heteroatoms. The van der Waals surface area contributed by atoms with Crippen molar-refractivity contribution < 1.29 is 4.39 Å². The molecule has 3 rings (SSSR count). The summed E-state index contributed by atoms with van der Waals surface area (Å²) >= 11 is 3.19. The van der Waals surface area contributed by atoms with Crippen LogP contribution >= 0.6 is 15.9 Å². The van der Waals surface area contributed by atoms with Crippen LogP contribution in [-0.2, 0) is 13.0 Å². The van der Waals surface area contributed by atoms with Crippen LogP contribution in [0.4, 0.5) is 4.39 Å². The summed E-state index contributed by atoms with van der Waals surface area (Å²) in [7, 11) is 0. The molecule has 108 valence electrons. The van der Waals surface area contributed by atoms with E-state index in [4.69, 9.17) is 0 Å². The van der Waals surface area contributed by atoms with Crippen molar-refractivity contribution in [2.75, 3.05) is 6.54 Å². The second-order valence-corrected chi connectivity index (χ2v) is 5.57. The van der Waals surface area contributed by atoms with Crippen molar-refractivity contribution in [1.82, 2.24) is 19.9 Å². The highest BCUT2D eigenvalue weighted by Crippen LogP contribution is 2.16. The lowest BCUT2D eigenvalue weighted by atomic mass is 10.2. The quantitative estimate of drug-likeness (QED) is 0.720. The van der Waals surface area contributed by atoms with E-state index in [2.05, 4.69) is 31.4 Å². The van der Waals surface area contributed by atoms with Crippen LogP contribution in [0.3, 0.4) is 0 Å². The monoisotopic (exact) mass is 348 g/mol. The van der Waals surface area contributed by atoms with E-state index < -0.39 is 0 Å². The SMILES string of the molecule is Fc1ccc(CNCCc2nnc3ccccn23)cc1Br. The summed E-state index contributed by atoms with van der Waals surface area (Å²) in [6.07, 6.45) is 2.75. The third-order valence-corrected chi connectivity index (χ3v) is 3.83. The van der Waals surface area contributed by atoms with Crippen LogP contribution in [0.2, 0.25) is 0 Å². The normalized spacial score (nSPS) is 11.1. The summed E-state index contributed by atoms with van der Waals surface area (Å²) in [5.74, 6) is 0.687. The molecule has 0 fully saturated rings. The number of hydrogen-bond acceptors (Lipinski definition) is 3. The van der Waals surface area contributed by atoms with Crippen molar-refractivity contribution in [1.29, 1.82) is 0 Å². The Hall–Kier alpha value is -1.79. The largest absolute Gasteiger partial charge is 0.312 e. The lowest BCUT2D eigenvalue weighted by Gasteiger charge is -2.05. The molecular weight excluding hydrogens is 335 g/mol. The van der Waals surface area contributed by atoms with Crippen molar-refractivity contribution in [3.63, 3.8) is 0 Å². The fraction of sp³-hybridized carbons (Fsp3) is 0.200. The van der Waals surface area contributed by atoms with Gasteiger partial charge in [-0.05, 0) is 45.8 Å². The second-order valence-electron chi connectivity index (χ2n) is 4.72. The Morgan fingerprint density at radius 2 is 2.10 bits per heavy atom. The van der Waals surface area contributed by atoms with Gasteiger partial charge in [-0.15, -0.1) is 10.2 Å². The van der Waals surface area contributed by atoms with E-state index in [1.165, 1.54) is 6.07 Å². The van der Waals surface area contributed by atoms with E-state index in [0.29, 0.717) is 11.0 Å². The number of halogens is 2. The molecule has 0 atom stereocenters. The van der Waals surface area contributed by atoms with Crippen LogP contribution in [0.25, 0.3) is 5.65 Å². The second kappa shape index (κ2) is 6.32. The first-order chi connectivity index (χ1) is 10.2. The number of nitrogens with zero attached hydrogens (tertiary/aromatic N) is 3. The molecule has 0 saturated carbocycles. The Morgan fingerprint density at radius 3 is 2.95 bits per heavy atom. The van der Waals surface area contributed by atoms with Crippen molar-refractivity contribution in [3.05, 3.63) is 64.3 Å². The first-order valence-corrected chi connectivity index (χ1v) is 7.46. The van der Waals surface area contributed by atoms with E-state index in [9.17, 15) is 4.39 Å². The molecule has 3 aromatic rings. The molecule has 0 bridgehead atoms. The van der Waals surface area contributed by atoms with Gasteiger partial charge in [0.2, 0.25) is 0 Å². The average molecular weight is 349 g/mol. The maximum atomic E-state index is 13.1. The zero-order valence-corrected chi connectivity index (χ0v) is 12.8. The minimum atomic E-state index is -0.242. The average Bonchev–Trinajstić information content (AvgIpc) is 2.91. The highest BCUT2D eigenvalue weighted by atomic mass is 79.9. The topological polar surface area (TPSA) is 42.2 Å². The van der Waals surface area contributed by atoms with Gasteiger partial charge in [-0.3, -0.25) is 4.40 Å². The summed E-state index contributed by atoms with van der Waals surface area (Å²) in [6.45, 7) is 1.47. The summed E-state index contributed by atoms with van der Waals surface area (Å²) in [6, 6.07) is 10.9. The van der Waals surface area contributed by atoms with Gasteiger partial charge in [-0.1, -0.05) is 12.1 Å². The van der Waals surface area contributed by atoms with E-state index >= 15 is 0 Å². The number of nitrogens with one attached hydrogen (secondary N) is 1. The van der Waals surface area contributed by atoms with Crippen molar-refractivity contribution in [2.24, 2.45) is 0 Å². The van der Waals surface area contributed by atoms with E-state index in [-0.39, 0.29) is 5.82 Å². The molecule has 0 amide bonds. The maximum Gasteiger partial charge on any atom is 0.160 e. The first-order valence-electron chi connectivity index (χ1n) is 6.67. The van der Waals surface area contributed by atoms with Crippen LogP contribution in [0.5, 0.6) is 0 Å². The summed E-state index contributed by atoms with van der Waals surface area (Å²) in [4.78, 5) is 0. The highest BCUT2D eigenvalue weighted by molar-refractivity contribution is 9.10. The van der Waals surface area contributed by atoms with Gasteiger partial charge in [-0.2, -0.15) is 0 Å². The van der Waals surface area contributed by atoms with Crippen LogP contribution in [-0.4, -0.2) is 21.1 Å². The molecular formula is C15H14BrFN4. The fourth-order valence-corrected chi connectivity index (χ4v) is 2.57. The molecule has 0 spiro atoms. The maximum absolute atomic E-state index is 13.1. The number of aromatic nitrogens is 3. The minimum absolute atomic E-state index is 0.242. The van der Waals surface area contributed by atoms with E-state index in [1.54, 1.807) is 12.1 Å². The smallest absolute Gasteiger partial charge is 0.160 e. The van der Waals surface area contributed by atoms with Crippen molar-refractivity contribution >= 4 is 21.6 Å². The number of rotatable bonds is 5. The van der Waals surface area contributed by atoms with Gasteiger partial charge >= 0.3 is 0 Å².